The van der Waals surface area contributed by atoms with Crippen molar-refractivity contribution in [2.75, 3.05) is 19.0 Å². The average Bonchev–Trinajstić information content (AvgIpc) is 2.55. The number of phenolic OH excluding ortho intramolecular Hbond substituents is 1. The van der Waals surface area contributed by atoms with Crippen molar-refractivity contribution in [3.63, 3.8) is 0 Å². The first kappa shape index (κ1) is 17.4. The van der Waals surface area contributed by atoms with Crippen molar-refractivity contribution in [3.05, 3.63) is 52.1 Å². The molecule has 2 rings (SSSR count). The first-order chi connectivity index (χ1) is 11.0. The first-order valence-electron chi connectivity index (χ1n) is 7.10. The molecule has 2 aromatic rings. The number of hydrogen-bond acceptors (Lipinski definition) is 4. The second-order valence-corrected chi connectivity index (χ2v) is 5.92. The zero-order valence-electron chi connectivity index (χ0n) is 12.9. The van der Waals surface area contributed by atoms with Crippen molar-refractivity contribution in [2.24, 2.45) is 0 Å². The van der Waals surface area contributed by atoms with Crippen LogP contribution in [-0.4, -0.2) is 23.7 Å². The van der Waals surface area contributed by atoms with Crippen molar-refractivity contribution in [1.29, 1.82) is 0 Å². The van der Waals surface area contributed by atoms with Gasteiger partial charge in [0.2, 0.25) is 0 Å². The fourth-order valence-corrected chi connectivity index (χ4v) is 2.37. The lowest BCUT2D eigenvalue weighted by atomic mass is 10.1. The van der Waals surface area contributed by atoms with E-state index in [-0.39, 0.29) is 10.2 Å². The second kappa shape index (κ2) is 8.09. The quantitative estimate of drug-likeness (QED) is 0.796. The number of halogens is 2. The number of phenols is 1. The summed E-state index contributed by atoms with van der Waals surface area (Å²) in [6, 6.07) is 9.11. The molecule has 0 saturated carbocycles. The SMILES string of the molecule is COc1ccc(CCNc2ncccc2C(C)=C(Cl)Cl)cc1O. The third kappa shape index (κ3) is 4.53. The van der Waals surface area contributed by atoms with Crippen LogP contribution in [0.3, 0.4) is 0 Å². The number of ether oxygens (including phenoxy) is 1. The largest absolute Gasteiger partial charge is 0.504 e. The number of rotatable bonds is 6. The predicted octanol–water partition coefficient (Wildman–Crippen LogP) is 4.62. The maximum absolute atomic E-state index is 9.79. The van der Waals surface area contributed by atoms with E-state index in [9.17, 15) is 5.11 Å². The van der Waals surface area contributed by atoms with Crippen LogP contribution >= 0.6 is 23.2 Å². The molecule has 0 aliphatic rings. The number of aromatic hydroxyl groups is 1. The van der Waals surface area contributed by atoms with Gasteiger partial charge >= 0.3 is 0 Å². The molecule has 0 amide bonds. The molecular formula is C17H18Cl2N2O2. The molecule has 23 heavy (non-hydrogen) atoms. The number of aromatic nitrogens is 1. The van der Waals surface area contributed by atoms with Crippen LogP contribution in [0.25, 0.3) is 5.57 Å². The summed E-state index contributed by atoms with van der Waals surface area (Å²) in [7, 11) is 1.52. The Bertz CT molecular complexity index is 713. The zero-order chi connectivity index (χ0) is 16.8. The standard InChI is InChI=1S/C17H18Cl2N2O2/c1-11(16(18)19)13-4-3-8-20-17(13)21-9-7-12-5-6-15(23-2)14(22)10-12/h3-6,8,10,22H,7,9H2,1-2H3,(H,20,21). The van der Waals surface area contributed by atoms with E-state index in [1.807, 2.05) is 25.1 Å². The molecule has 0 atom stereocenters. The van der Waals surface area contributed by atoms with Crippen LogP contribution in [-0.2, 0) is 6.42 Å². The number of pyridine rings is 1. The molecule has 1 aromatic heterocycles. The van der Waals surface area contributed by atoms with Gasteiger partial charge in [0.25, 0.3) is 0 Å². The summed E-state index contributed by atoms with van der Waals surface area (Å²) in [6.45, 7) is 2.50. The van der Waals surface area contributed by atoms with Crippen LogP contribution in [0.2, 0.25) is 0 Å². The molecule has 122 valence electrons. The van der Waals surface area contributed by atoms with Crippen LogP contribution < -0.4 is 10.1 Å². The summed E-state index contributed by atoms with van der Waals surface area (Å²) in [4.78, 5) is 4.33. The summed E-state index contributed by atoms with van der Waals surface area (Å²) in [5, 5.41) is 13.1. The minimum Gasteiger partial charge on any atom is -0.504 e. The van der Waals surface area contributed by atoms with Crippen molar-refractivity contribution in [3.8, 4) is 11.5 Å². The second-order valence-electron chi connectivity index (χ2n) is 4.97. The van der Waals surface area contributed by atoms with Crippen molar-refractivity contribution in [2.45, 2.75) is 13.3 Å². The highest BCUT2D eigenvalue weighted by Gasteiger charge is 2.08. The molecule has 2 N–H and O–H groups in total. The number of allylic oxidation sites excluding steroid dienone is 1. The van der Waals surface area contributed by atoms with Gasteiger partial charge in [0, 0.05) is 18.3 Å². The van der Waals surface area contributed by atoms with Crippen LogP contribution in [0, 0.1) is 0 Å². The van der Waals surface area contributed by atoms with Crippen molar-refractivity contribution >= 4 is 34.6 Å². The molecule has 0 aliphatic heterocycles. The van der Waals surface area contributed by atoms with Crippen molar-refractivity contribution in [1.82, 2.24) is 4.98 Å². The lowest BCUT2D eigenvalue weighted by molar-refractivity contribution is 0.373. The molecule has 0 aliphatic carbocycles. The topological polar surface area (TPSA) is 54.4 Å². The Hall–Kier alpha value is -1.91. The normalized spacial score (nSPS) is 10.3. The third-order valence-electron chi connectivity index (χ3n) is 3.44. The van der Waals surface area contributed by atoms with Gasteiger partial charge in [0.05, 0.1) is 7.11 Å². The maximum Gasteiger partial charge on any atom is 0.160 e. The molecule has 0 fully saturated rings. The van der Waals surface area contributed by atoms with E-state index in [1.54, 1.807) is 18.3 Å². The molecular weight excluding hydrogens is 335 g/mol. The van der Waals surface area contributed by atoms with Crippen LogP contribution in [0.4, 0.5) is 5.82 Å². The molecule has 0 spiro atoms. The third-order valence-corrected chi connectivity index (χ3v) is 4.01. The molecule has 4 nitrogen and oxygen atoms in total. The number of anilines is 1. The van der Waals surface area contributed by atoms with Gasteiger partial charge in [-0.05, 0) is 48.7 Å². The van der Waals surface area contributed by atoms with E-state index < -0.39 is 0 Å². The fourth-order valence-electron chi connectivity index (χ4n) is 2.17. The van der Waals surface area contributed by atoms with Gasteiger partial charge in [-0.15, -0.1) is 0 Å². The predicted molar refractivity (Wildman–Crippen MR) is 95.4 cm³/mol. The number of methoxy groups -OCH3 is 1. The Morgan fingerprint density at radius 3 is 2.74 bits per heavy atom. The summed E-state index contributed by atoms with van der Waals surface area (Å²) < 4.78 is 5.26. The highest BCUT2D eigenvalue weighted by Crippen LogP contribution is 2.28. The minimum atomic E-state index is 0.135. The summed E-state index contributed by atoms with van der Waals surface area (Å²) in [5.74, 6) is 1.32. The summed E-state index contributed by atoms with van der Waals surface area (Å²) in [6.07, 6.45) is 2.44. The zero-order valence-corrected chi connectivity index (χ0v) is 14.4. The minimum absolute atomic E-state index is 0.135. The highest BCUT2D eigenvalue weighted by atomic mass is 35.5. The number of nitrogens with one attached hydrogen (secondary N) is 1. The lowest BCUT2D eigenvalue weighted by Gasteiger charge is -2.12. The van der Waals surface area contributed by atoms with Gasteiger partial charge in [-0.3, -0.25) is 0 Å². The van der Waals surface area contributed by atoms with E-state index in [4.69, 9.17) is 27.9 Å². The molecule has 6 heteroatoms. The highest BCUT2D eigenvalue weighted by molar-refractivity contribution is 6.58. The molecule has 0 unspecified atom stereocenters. The monoisotopic (exact) mass is 352 g/mol. The van der Waals surface area contributed by atoms with E-state index in [1.165, 1.54) is 7.11 Å². The Balaban J connectivity index is 2.05. The average molecular weight is 353 g/mol. The summed E-state index contributed by atoms with van der Waals surface area (Å²) >= 11 is 11.7. The van der Waals surface area contributed by atoms with E-state index in [0.29, 0.717) is 12.3 Å². The van der Waals surface area contributed by atoms with Gasteiger partial charge in [0.1, 0.15) is 10.3 Å². The molecule has 1 aromatic carbocycles. The summed E-state index contributed by atoms with van der Waals surface area (Å²) in [5.41, 5.74) is 2.63. The molecule has 0 bridgehead atoms. The van der Waals surface area contributed by atoms with Crippen molar-refractivity contribution < 1.29 is 9.84 Å². The molecule has 0 saturated heterocycles. The number of nitrogens with zero attached hydrogens (tertiary/aromatic N) is 1. The van der Waals surface area contributed by atoms with Gasteiger partial charge < -0.3 is 15.2 Å². The molecule has 0 radical (unpaired) electrons. The van der Waals surface area contributed by atoms with Crippen LogP contribution in [0.15, 0.2) is 41.0 Å². The van der Waals surface area contributed by atoms with Gasteiger partial charge in [-0.25, -0.2) is 4.98 Å². The molecule has 1 heterocycles. The smallest absolute Gasteiger partial charge is 0.160 e. The Morgan fingerprint density at radius 2 is 2.09 bits per heavy atom. The first-order valence-corrected chi connectivity index (χ1v) is 7.85. The van der Waals surface area contributed by atoms with E-state index >= 15 is 0 Å². The van der Waals surface area contributed by atoms with E-state index in [2.05, 4.69) is 10.3 Å². The Morgan fingerprint density at radius 1 is 1.30 bits per heavy atom. The van der Waals surface area contributed by atoms with E-state index in [0.717, 1.165) is 28.9 Å². The van der Waals surface area contributed by atoms with Gasteiger partial charge in [0.15, 0.2) is 11.5 Å². The fraction of sp³-hybridized carbons (Fsp3) is 0.235. The number of hydrogen-bond donors (Lipinski definition) is 2. The Labute approximate surface area is 145 Å². The maximum atomic E-state index is 9.79. The van der Waals surface area contributed by atoms with Crippen LogP contribution in [0.1, 0.15) is 18.1 Å². The van der Waals surface area contributed by atoms with Gasteiger partial charge in [-0.2, -0.15) is 0 Å². The van der Waals surface area contributed by atoms with Crippen LogP contribution in [0.5, 0.6) is 11.5 Å². The lowest BCUT2D eigenvalue weighted by Crippen LogP contribution is -2.08. The number of benzene rings is 1. The van der Waals surface area contributed by atoms with Gasteiger partial charge in [-0.1, -0.05) is 29.3 Å². The Kier molecular flexibility index (Phi) is 6.13.